The molecule has 1 saturated heterocycles. The van der Waals surface area contributed by atoms with Crippen LogP contribution in [0.4, 0.5) is 5.00 Å². The number of rotatable bonds is 3. The molecule has 84 valence electrons. The highest BCUT2D eigenvalue weighted by molar-refractivity contribution is 7.14. The van der Waals surface area contributed by atoms with Gasteiger partial charge in [-0.1, -0.05) is 13.8 Å². The number of aromatic nitrogens is 1. The van der Waals surface area contributed by atoms with Gasteiger partial charge in [0, 0.05) is 19.0 Å². The summed E-state index contributed by atoms with van der Waals surface area (Å²) >= 11 is 1.76. The number of morpholine rings is 1. The predicted molar refractivity (Wildman–Crippen MR) is 63.9 cm³/mol. The zero-order valence-electron chi connectivity index (χ0n) is 9.40. The van der Waals surface area contributed by atoms with Gasteiger partial charge < -0.3 is 9.64 Å². The third kappa shape index (κ3) is 2.32. The van der Waals surface area contributed by atoms with Gasteiger partial charge in [0.25, 0.3) is 0 Å². The Morgan fingerprint density at radius 3 is 2.93 bits per heavy atom. The van der Waals surface area contributed by atoms with E-state index >= 15 is 0 Å². The number of thiazole rings is 1. The van der Waals surface area contributed by atoms with Gasteiger partial charge in [-0.15, -0.1) is 11.3 Å². The number of hydrogen-bond acceptors (Lipinski definition) is 4. The average molecular weight is 226 g/mol. The van der Waals surface area contributed by atoms with Gasteiger partial charge in [0.1, 0.15) is 5.00 Å². The molecular formula is C11H18N2OS. The molecule has 1 aliphatic heterocycles. The van der Waals surface area contributed by atoms with Crippen molar-refractivity contribution in [3.05, 3.63) is 11.2 Å². The Morgan fingerprint density at radius 2 is 2.27 bits per heavy atom. The van der Waals surface area contributed by atoms with Crippen molar-refractivity contribution in [3.63, 3.8) is 0 Å². The molecule has 1 aromatic heterocycles. The molecule has 15 heavy (non-hydrogen) atoms. The fourth-order valence-corrected chi connectivity index (χ4v) is 2.76. The summed E-state index contributed by atoms with van der Waals surface area (Å²) < 4.78 is 5.37. The second-order valence-corrected chi connectivity index (χ2v) is 4.78. The zero-order chi connectivity index (χ0) is 10.7. The first-order valence-corrected chi connectivity index (χ1v) is 6.47. The topological polar surface area (TPSA) is 25.4 Å². The van der Waals surface area contributed by atoms with Crippen molar-refractivity contribution in [1.82, 2.24) is 4.98 Å². The molecule has 4 heteroatoms. The van der Waals surface area contributed by atoms with Gasteiger partial charge >= 0.3 is 0 Å². The molecule has 0 aromatic carbocycles. The van der Waals surface area contributed by atoms with E-state index < -0.39 is 0 Å². The van der Waals surface area contributed by atoms with E-state index in [2.05, 4.69) is 23.7 Å². The van der Waals surface area contributed by atoms with Gasteiger partial charge in [-0.3, -0.25) is 0 Å². The Kier molecular flexibility index (Phi) is 3.59. The number of hydrogen-bond donors (Lipinski definition) is 0. The van der Waals surface area contributed by atoms with Gasteiger partial charge in [-0.2, -0.15) is 0 Å². The number of ether oxygens (including phenoxy) is 1. The lowest BCUT2D eigenvalue weighted by Gasteiger charge is -2.28. The molecule has 3 nitrogen and oxygen atoms in total. The van der Waals surface area contributed by atoms with Gasteiger partial charge in [-0.05, 0) is 6.42 Å². The molecule has 1 unspecified atom stereocenters. The second-order valence-electron chi connectivity index (χ2n) is 3.95. The van der Waals surface area contributed by atoms with Crippen molar-refractivity contribution in [2.24, 2.45) is 0 Å². The first-order chi connectivity index (χ1) is 7.33. The highest BCUT2D eigenvalue weighted by Crippen LogP contribution is 2.32. The van der Waals surface area contributed by atoms with E-state index in [0.717, 1.165) is 32.7 Å². The third-order valence-corrected chi connectivity index (χ3v) is 3.85. The average Bonchev–Trinajstić information content (AvgIpc) is 2.78. The Labute approximate surface area is 95.1 Å². The van der Waals surface area contributed by atoms with Crippen LogP contribution in [0.2, 0.25) is 0 Å². The number of anilines is 1. The van der Waals surface area contributed by atoms with Crippen LogP contribution >= 0.6 is 11.3 Å². The molecule has 2 rings (SSSR count). The Hall–Kier alpha value is -0.610. The highest BCUT2D eigenvalue weighted by atomic mass is 32.1. The van der Waals surface area contributed by atoms with E-state index in [1.54, 1.807) is 11.3 Å². The van der Waals surface area contributed by atoms with E-state index in [9.17, 15) is 0 Å². The van der Waals surface area contributed by atoms with Crippen molar-refractivity contribution in [2.75, 3.05) is 31.2 Å². The van der Waals surface area contributed by atoms with E-state index in [1.165, 1.54) is 10.7 Å². The van der Waals surface area contributed by atoms with Crippen molar-refractivity contribution < 1.29 is 4.74 Å². The monoisotopic (exact) mass is 226 g/mol. The molecule has 2 heterocycles. The minimum Gasteiger partial charge on any atom is -0.378 e. The SMILES string of the molecule is CCC(C)c1ncsc1N1CCOCC1. The standard InChI is InChI=1S/C11H18N2OS/c1-3-9(2)10-11(15-8-12-10)13-4-6-14-7-5-13/h8-9H,3-7H2,1-2H3. The Balaban J connectivity index is 2.15. The molecule has 1 aliphatic rings. The molecule has 0 amide bonds. The summed E-state index contributed by atoms with van der Waals surface area (Å²) in [5.41, 5.74) is 3.23. The lowest BCUT2D eigenvalue weighted by atomic mass is 10.1. The summed E-state index contributed by atoms with van der Waals surface area (Å²) in [6, 6.07) is 0. The van der Waals surface area contributed by atoms with Crippen LogP contribution in [0.1, 0.15) is 31.9 Å². The van der Waals surface area contributed by atoms with E-state index in [-0.39, 0.29) is 0 Å². The minimum atomic E-state index is 0.564. The molecule has 1 fully saturated rings. The van der Waals surface area contributed by atoms with Crippen LogP contribution in [0.3, 0.4) is 0 Å². The molecule has 0 spiro atoms. The van der Waals surface area contributed by atoms with Crippen molar-refractivity contribution >= 4 is 16.3 Å². The van der Waals surface area contributed by atoms with Crippen LogP contribution < -0.4 is 4.90 Å². The van der Waals surface area contributed by atoms with Crippen molar-refractivity contribution in [1.29, 1.82) is 0 Å². The fraction of sp³-hybridized carbons (Fsp3) is 0.727. The quantitative estimate of drug-likeness (QED) is 0.792. The van der Waals surface area contributed by atoms with Crippen LogP contribution in [-0.2, 0) is 4.74 Å². The molecule has 0 aliphatic carbocycles. The van der Waals surface area contributed by atoms with Gasteiger partial charge in [0.05, 0.1) is 24.4 Å². The summed E-state index contributed by atoms with van der Waals surface area (Å²) in [6.45, 7) is 8.17. The maximum absolute atomic E-state index is 5.37. The summed E-state index contributed by atoms with van der Waals surface area (Å²) in [5.74, 6) is 0.564. The molecule has 1 atom stereocenters. The lowest BCUT2D eigenvalue weighted by molar-refractivity contribution is 0.123. The maximum Gasteiger partial charge on any atom is 0.115 e. The summed E-state index contributed by atoms with van der Waals surface area (Å²) in [6.07, 6.45) is 1.15. The van der Waals surface area contributed by atoms with Crippen LogP contribution in [0.25, 0.3) is 0 Å². The first-order valence-electron chi connectivity index (χ1n) is 5.59. The van der Waals surface area contributed by atoms with Gasteiger partial charge in [0.15, 0.2) is 0 Å². The molecular weight excluding hydrogens is 208 g/mol. The predicted octanol–water partition coefficient (Wildman–Crippen LogP) is 2.49. The first kappa shape index (κ1) is 10.9. The fourth-order valence-electron chi connectivity index (χ4n) is 1.78. The maximum atomic E-state index is 5.37. The zero-order valence-corrected chi connectivity index (χ0v) is 10.2. The summed E-state index contributed by atoms with van der Waals surface area (Å²) in [5, 5.41) is 1.35. The lowest BCUT2D eigenvalue weighted by Crippen LogP contribution is -2.36. The van der Waals surface area contributed by atoms with Crippen molar-refractivity contribution in [3.8, 4) is 0 Å². The summed E-state index contributed by atoms with van der Waals surface area (Å²) in [7, 11) is 0. The van der Waals surface area contributed by atoms with Crippen LogP contribution in [0.15, 0.2) is 5.51 Å². The van der Waals surface area contributed by atoms with Crippen LogP contribution in [-0.4, -0.2) is 31.3 Å². The normalized spacial score (nSPS) is 19.2. The van der Waals surface area contributed by atoms with Crippen LogP contribution in [0, 0.1) is 0 Å². The van der Waals surface area contributed by atoms with E-state index in [4.69, 9.17) is 4.74 Å². The Morgan fingerprint density at radius 1 is 1.53 bits per heavy atom. The molecule has 0 bridgehead atoms. The molecule has 1 aromatic rings. The van der Waals surface area contributed by atoms with E-state index in [0.29, 0.717) is 5.92 Å². The smallest absolute Gasteiger partial charge is 0.115 e. The molecule has 0 radical (unpaired) electrons. The van der Waals surface area contributed by atoms with Gasteiger partial charge in [-0.25, -0.2) is 4.98 Å². The Bertz CT molecular complexity index is 307. The van der Waals surface area contributed by atoms with Crippen LogP contribution in [0.5, 0.6) is 0 Å². The summed E-state index contributed by atoms with van der Waals surface area (Å²) in [4.78, 5) is 6.90. The largest absolute Gasteiger partial charge is 0.378 e. The highest BCUT2D eigenvalue weighted by Gasteiger charge is 2.19. The van der Waals surface area contributed by atoms with Gasteiger partial charge in [0.2, 0.25) is 0 Å². The third-order valence-electron chi connectivity index (χ3n) is 2.95. The molecule has 0 N–H and O–H groups in total. The number of nitrogens with zero attached hydrogens (tertiary/aromatic N) is 2. The second kappa shape index (κ2) is 4.94. The van der Waals surface area contributed by atoms with Crippen molar-refractivity contribution in [2.45, 2.75) is 26.2 Å². The van der Waals surface area contributed by atoms with E-state index in [1.807, 2.05) is 5.51 Å². The molecule has 0 saturated carbocycles. The minimum absolute atomic E-state index is 0.564.